The summed E-state index contributed by atoms with van der Waals surface area (Å²) >= 11 is 0. The van der Waals surface area contributed by atoms with Crippen LogP contribution in [0.2, 0.25) is 0 Å². The number of hydrogen-bond donors (Lipinski definition) is 2. The summed E-state index contributed by atoms with van der Waals surface area (Å²) < 4.78 is 5.63. The molecule has 98 valence electrons. The summed E-state index contributed by atoms with van der Waals surface area (Å²) in [6.45, 7) is 3.04. The van der Waals surface area contributed by atoms with E-state index in [4.69, 9.17) is 9.84 Å². The molecule has 1 saturated carbocycles. The van der Waals surface area contributed by atoms with Crippen LogP contribution in [-0.2, 0) is 4.79 Å². The molecule has 1 aromatic carbocycles. The van der Waals surface area contributed by atoms with Gasteiger partial charge in [-0.25, -0.2) is 0 Å². The molecule has 0 unspecified atom stereocenters. The molecule has 4 nitrogen and oxygen atoms in total. The van der Waals surface area contributed by atoms with E-state index in [1.165, 1.54) is 0 Å². The Morgan fingerprint density at radius 2 is 2.17 bits per heavy atom. The van der Waals surface area contributed by atoms with E-state index in [1.807, 2.05) is 31.2 Å². The molecule has 1 aromatic rings. The number of ether oxygens (including phenoxy) is 1. The van der Waals surface area contributed by atoms with Crippen molar-refractivity contribution < 1.29 is 14.6 Å². The second-order valence-corrected chi connectivity index (χ2v) is 4.78. The molecular weight excluding hydrogens is 230 g/mol. The first-order chi connectivity index (χ1) is 8.64. The number of hydrogen-bond acceptors (Lipinski definition) is 3. The summed E-state index contributed by atoms with van der Waals surface area (Å²) in [7, 11) is 0. The Morgan fingerprint density at radius 1 is 1.44 bits per heavy atom. The highest BCUT2D eigenvalue weighted by molar-refractivity contribution is 5.79. The van der Waals surface area contributed by atoms with E-state index in [-0.39, 0.29) is 0 Å². The molecule has 4 heteroatoms. The summed E-state index contributed by atoms with van der Waals surface area (Å²) in [5.74, 6) is 0.113. The second-order valence-electron chi connectivity index (χ2n) is 4.78. The van der Waals surface area contributed by atoms with Crippen molar-refractivity contribution in [2.45, 2.75) is 31.7 Å². The van der Waals surface area contributed by atoms with Gasteiger partial charge in [-0.2, -0.15) is 0 Å². The molecule has 0 heterocycles. The van der Waals surface area contributed by atoms with Crippen LogP contribution in [0.25, 0.3) is 0 Å². The zero-order valence-corrected chi connectivity index (χ0v) is 10.6. The molecule has 0 atom stereocenters. The molecule has 2 N–H and O–H groups in total. The Bertz CT molecular complexity index is 427. The first-order valence-corrected chi connectivity index (χ1v) is 6.31. The van der Waals surface area contributed by atoms with Gasteiger partial charge in [0.05, 0.1) is 0 Å². The Kier molecular flexibility index (Phi) is 3.87. The van der Waals surface area contributed by atoms with Gasteiger partial charge >= 0.3 is 5.97 Å². The van der Waals surface area contributed by atoms with Crippen molar-refractivity contribution in [1.82, 2.24) is 5.32 Å². The molecule has 0 aliphatic heterocycles. The van der Waals surface area contributed by atoms with Crippen molar-refractivity contribution in [2.75, 3.05) is 13.2 Å². The molecule has 0 amide bonds. The lowest BCUT2D eigenvalue weighted by molar-refractivity contribution is -0.148. The monoisotopic (exact) mass is 249 g/mol. The topological polar surface area (TPSA) is 58.6 Å². The van der Waals surface area contributed by atoms with Gasteiger partial charge in [0.1, 0.15) is 17.9 Å². The molecule has 2 rings (SSSR count). The lowest BCUT2D eigenvalue weighted by Gasteiger charge is -2.38. The van der Waals surface area contributed by atoms with Crippen molar-refractivity contribution in [3.63, 3.8) is 0 Å². The zero-order chi connectivity index (χ0) is 13.0. The Balaban J connectivity index is 1.76. The van der Waals surface area contributed by atoms with E-state index in [0.717, 1.165) is 17.7 Å². The van der Waals surface area contributed by atoms with Gasteiger partial charge in [0.25, 0.3) is 0 Å². The van der Waals surface area contributed by atoms with Gasteiger partial charge in [-0.15, -0.1) is 0 Å². The maximum Gasteiger partial charge on any atom is 0.323 e. The van der Waals surface area contributed by atoms with Crippen LogP contribution in [0.15, 0.2) is 24.3 Å². The normalized spacial score (nSPS) is 16.9. The van der Waals surface area contributed by atoms with Gasteiger partial charge in [-0.1, -0.05) is 18.2 Å². The predicted molar refractivity (Wildman–Crippen MR) is 68.9 cm³/mol. The predicted octanol–water partition coefficient (Wildman–Crippen LogP) is 1.97. The number of carbonyl (C=O) groups is 1. The molecule has 0 spiro atoms. The van der Waals surface area contributed by atoms with Crippen molar-refractivity contribution >= 4 is 5.97 Å². The molecule has 18 heavy (non-hydrogen) atoms. The number of carboxylic acid groups (broad SMARTS) is 1. The zero-order valence-electron chi connectivity index (χ0n) is 10.6. The minimum atomic E-state index is -0.746. The van der Waals surface area contributed by atoms with Crippen molar-refractivity contribution in [3.05, 3.63) is 29.8 Å². The van der Waals surface area contributed by atoms with Crippen molar-refractivity contribution in [2.24, 2.45) is 0 Å². The van der Waals surface area contributed by atoms with Gasteiger partial charge in [0.2, 0.25) is 0 Å². The van der Waals surface area contributed by atoms with Crippen molar-refractivity contribution in [1.29, 1.82) is 0 Å². The van der Waals surface area contributed by atoms with E-state index in [0.29, 0.717) is 26.0 Å². The molecule has 1 aliphatic rings. The molecule has 0 radical (unpaired) electrons. The van der Waals surface area contributed by atoms with Crippen LogP contribution in [0.5, 0.6) is 5.75 Å². The van der Waals surface area contributed by atoms with Crippen LogP contribution in [0, 0.1) is 6.92 Å². The van der Waals surface area contributed by atoms with Gasteiger partial charge in [-0.3, -0.25) is 10.1 Å². The minimum Gasteiger partial charge on any atom is -0.492 e. The third kappa shape index (κ3) is 2.64. The molecule has 1 fully saturated rings. The lowest BCUT2D eigenvalue weighted by Crippen LogP contribution is -2.57. The summed E-state index contributed by atoms with van der Waals surface area (Å²) in [5.41, 5.74) is 0.392. The fourth-order valence-electron chi connectivity index (χ4n) is 2.17. The molecule has 1 aliphatic carbocycles. The van der Waals surface area contributed by atoms with Crippen LogP contribution in [0.4, 0.5) is 0 Å². The van der Waals surface area contributed by atoms with E-state index < -0.39 is 11.5 Å². The third-order valence-electron chi connectivity index (χ3n) is 3.53. The Labute approximate surface area is 107 Å². The fourth-order valence-corrected chi connectivity index (χ4v) is 2.17. The standard InChI is InChI=1S/C14H19NO3/c1-11-5-2-3-6-12(11)18-10-9-15-14(13(16)17)7-4-8-14/h2-3,5-6,15H,4,7-10H2,1H3,(H,16,17). The van der Waals surface area contributed by atoms with E-state index in [1.54, 1.807) is 0 Å². The van der Waals surface area contributed by atoms with Crippen molar-refractivity contribution in [3.8, 4) is 5.75 Å². The van der Waals surface area contributed by atoms with Gasteiger partial charge in [0, 0.05) is 6.54 Å². The number of aryl methyl sites for hydroxylation is 1. The van der Waals surface area contributed by atoms with Crippen LogP contribution in [0.1, 0.15) is 24.8 Å². The highest BCUT2D eigenvalue weighted by Gasteiger charge is 2.43. The first kappa shape index (κ1) is 12.9. The highest BCUT2D eigenvalue weighted by atomic mass is 16.5. The summed E-state index contributed by atoms with van der Waals surface area (Å²) in [6, 6.07) is 7.81. The maximum absolute atomic E-state index is 11.1. The molecule has 0 aromatic heterocycles. The third-order valence-corrected chi connectivity index (χ3v) is 3.53. The average molecular weight is 249 g/mol. The first-order valence-electron chi connectivity index (χ1n) is 6.31. The number of aliphatic carboxylic acids is 1. The van der Waals surface area contributed by atoms with Crippen LogP contribution in [0.3, 0.4) is 0 Å². The van der Waals surface area contributed by atoms with Gasteiger partial charge < -0.3 is 9.84 Å². The van der Waals surface area contributed by atoms with Crippen LogP contribution < -0.4 is 10.1 Å². The molecule has 0 saturated heterocycles. The lowest BCUT2D eigenvalue weighted by atomic mass is 9.77. The van der Waals surface area contributed by atoms with Gasteiger partial charge in [0.15, 0.2) is 0 Å². The largest absolute Gasteiger partial charge is 0.492 e. The number of carboxylic acids is 1. The smallest absolute Gasteiger partial charge is 0.323 e. The molecule has 0 bridgehead atoms. The number of nitrogens with one attached hydrogen (secondary N) is 1. The number of rotatable bonds is 6. The van der Waals surface area contributed by atoms with E-state index in [9.17, 15) is 4.79 Å². The maximum atomic E-state index is 11.1. The summed E-state index contributed by atoms with van der Waals surface area (Å²) in [5, 5.41) is 12.2. The second kappa shape index (κ2) is 5.40. The van der Waals surface area contributed by atoms with Gasteiger partial charge in [-0.05, 0) is 37.8 Å². The fraction of sp³-hybridized carbons (Fsp3) is 0.500. The Morgan fingerprint density at radius 3 is 2.72 bits per heavy atom. The van der Waals surface area contributed by atoms with Crippen LogP contribution in [-0.4, -0.2) is 29.8 Å². The Hall–Kier alpha value is -1.55. The number of para-hydroxylation sites is 1. The quantitative estimate of drug-likeness (QED) is 0.757. The summed E-state index contributed by atoms with van der Waals surface area (Å²) in [6.07, 6.45) is 2.41. The average Bonchev–Trinajstić information content (AvgIpc) is 2.28. The minimum absolute atomic E-state index is 0.486. The molecular formula is C14H19NO3. The SMILES string of the molecule is Cc1ccccc1OCCNC1(C(=O)O)CCC1. The highest BCUT2D eigenvalue weighted by Crippen LogP contribution is 2.31. The van der Waals surface area contributed by atoms with E-state index in [2.05, 4.69) is 5.32 Å². The van der Waals surface area contributed by atoms with Crippen LogP contribution >= 0.6 is 0 Å². The van der Waals surface area contributed by atoms with E-state index >= 15 is 0 Å². The summed E-state index contributed by atoms with van der Waals surface area (Å²) in [4.78, 5) is 11.1. The number of benzene rings is 1.